The summed E-state index contributed by atoms with van der Waals surface area (Å²) in [6.07, 6.45) is 1.98. The van der Waals surface area contributed by atoms with Crippen molar-refractivity contribution >= 4 is 11.6 Å². The van der Waals surface area contributed by atoms with Crippen molar-refractivity contribution in [2.45, 2.75) is 31.2 Å². The van der Waals surface area contributed by atoms with Gasteiger partial charge in [-0.1, -0.05) is 55.5 Å². The Morgan fingerprint density at radius 1 is 1.13 bits per heavy atom. The van der Waals surface area contributed by atoms with E-state index in [1.165, 1.54) is 5.56 Å². The Morgan fingerprint density at radius 2 is 1.87 bits per heavy atom. The van der Waals surface area contributed by atoms with Crippen molar-refractivity contribution in [3.63, 3.8) is 0 Å². The molecule has 1 N–H and O–H groups in total. The molecule has 1 amide bonds. The molecule has 2 aromatic rings. The maximum atomic E-state index is 13.1. The summed E-state index contributed by atoms with van der Waals surface area (Å²) in [5.74, 6) is 0.158. The molecular formula is C20H22N2O. The zero-order valence-corrected chi connectivity index (χ0v) is 13.5. The number of hydrogen-bond acceptors (Lipinski definition) is 2. The smallest absolute Gasteiger partial charge is 0.237 e. The van der Waals surface area contributed by atoms with Gasteiger partial charge in [0.2, 0.25) is 5.91 Å². The van der Waals surface area contributed by atoms with Crippen LogP contribution in [0.15, 0.2) is 54.6 Å². The van der Waals surface area contributed by atoms with Gasteiger partial charge in [0.25, 0.3) is 0 Å². The lowest BCUT2D eigenvalue weighted by Crippen LogP contribution is -2.41. The number of rotatable bonds is 3. The second kappa shape index (κ2) is 5.50. The molecule has 3 nitrogen and oxygen atoms in total. The van der Waals surface area contributed by atoms with Crippen LogP contribution >= 0.6 is 0 Å². The summed E-state index contributed by atoms with van der Waals surface area (Å²) in [6, 6.07) is 18.8. The Bertz CT molecular complexity index is 727. The van der Waals surface area contributed by atoms with E-state index >= 15 is 0 Å². The van der Waals surface area contributed by atoms with Crippen molar-refractivity contribution in [3.05, 3.63) is 65.7 Å². The van der Waals surface area contributed by atoms with Gasteiger partial charge in [0, 0.05) is 12.2 Å². The molecule has 23 heavy (non-hydrogen) atoms. The van der Waals surface area contributed by atoms with Crippen molar-refractivity contribution in [2.75, 3.05) is 18.4 Å². The number of carbonyl (C=O) groups is 1. The van der Waals surface area contributed by atoms with E-state index in [1.807, 2.05) is 24.3 Å². The van der Waals surface area contributed by atoms with Gasteiger partial charge in [-0.05, 0) is 36.6 Å². The first kappa shape index (κ1) is 14.5. The van der Waals surface area contributed by atoms with Gasteiger partial charge >= 0.3 is 0 Å². The number of nitrogens with zero attached hydrogens (tertiary/aromatic N) is 1. The van der Waals surface area contributed by atoms with Crippen LogP contribution < -0.4 is 5.32 Å². The van der Waals surface area contributed by atoms with Gasteiger partial charge in [-0.15, -0.1) is 0 Å². The van der Waals surface area contributed by atoms with Crippen LogP contribution in [0.2, 0.25) is 0 Å². The highest BCUT2D eigenvalue weighted by Gasteiger charge is 2.57. The van der Waals surface area contributed by atoms with Crippen LogP contribution in [0.5, 0.6) is 0 Å². The average molecular weight is 306 g/mol. The van der Waals surface area contributed by atoms with Crippen LogP contribution in [0, 0.1) is 0 Å². The fourth-order valence-electron chi connectivity index (χ4n) is 4.41. The number of carbonyl (C=O) groups excluding carboxylic acids is 1. The van der Waals surface area contributed by atoms with Gasteiger partial charge in [-0.25, -0.2) is 0 Å². The lowest BCUT2D eigenvalue weighted by molar-refractivity contribution is -0.121. The van der Waals surface area contributed by atoms with E-state index in [0.29, 0.717) is 0 Å². The third kappa shape index (κ3) is 2.03. The molecule has 2 aliphatic rings. The summed E-state index contributed by atoms with van der Waals surface area (Å²) in [5.41, 5.74) is 2.94. The van der Waals surface area contributed by atoms with Gasteiger partial charge in [-0.2, -0.15) is 0 Å². The molecule has 1 fully saturated rings. The van der Waals surface area contributed by atoms with Crippen molar-refractivity contribution in [1.82, 2.24) is 4.90 Å². The normalized spacial score (nSPS) is 26.5. The predicted octanol–water partition coefficient (Wildman–Crippen LogP) is 3.73. The van der Waals surface area contributed by atoms with Crippen molar-refractivity contribution < 1.29 is 4.79 Å². The summed E-state index contributed by atoms with van der Waals surface area (Å²) < 4.78 is 0. The van der Waals surface area contributed by atoms with Crippen LogP contribution in [0.3, 0.4) is 0 Å². The number of fused-ring (bicyclic) bond motifs is 2. The minimum absolute atomic E-state index is 0.118. The quantitative estimate of drug-likeness (QED) is 0.937. The van der Waals surface area contributed by atoms with Crippen LogP contribution in [0.1, 0.15) is 36.9 Å². The molecule has 2 heterocycles. The van der Waals surface area contributed by atoms with Gasteiger partial charge in [-0.3, -0.25) is 9.69 Å². The predicted molar refractivity (Wildman–Crippen MR) is 92.4 cm³/mol. The molecule has 3 heteroatoms. The maximum Gasteiger partial charge on any atom is 0.237 e. The summed E-state index contributed by atoms with van der Waals surface area (Å²) in [4.78, 5) is 15.5. The summed E-state index contributed by atoms with van der Waals surface area (Å²) in [6.45, 7) is 4.20. The van der Waals surface area contributed by atoms with Crippen molar-refractivity contribution in [2.24, 2.45) is 0 Å². The minimum atomic E-state index is -0.451. The number of likely N-dealkylation sites (tertiary alicyclic amines) is 1. The molecule has 0 aliphatic carbocycles. The standard InChI is InChI=1S/C20H22N2O/c1-2-13-22-14-12-20(18(22)15-8-4-3-5-9-15)16-10-6-7-11-17(16)21-19(20)23/h3-11,18H,2,12-14H2,1H3,(H,21,23)/t18-,20-/m0/s1. The third-order valence-corrected chi connectivity index (χ3v) is 5.31. The number of para-hydroxylation sites is 1. The SMILES string of the molecule is CCCN1CC[C@@]2(C(=O)Nc3ccccc32)[C@@H]1c1ccccc1. The van der Waals surface area contributed by atoms with E-state index in [-0.39, 0.29) is 11.9 Å². The van der Waals surface area contributed by atoms with Gasteiger partial charge in [0.15, 0.2) is 0 Å². The fraction of sp³-hybridized carbons (Fsp3) is 0.350. The molecule has 2 atom stereocenters. The summed E-state index contributed by atoms with van der Waals surface area (Å²) >= 11 is 0. The Labute approximate surface area is 137 Å². The van der Waals surface area contributed by atoms with E-state index in [2.05, 4.69) is 47.5 Å². The molecule has 0 aromatic heterocycles. The minimum Gasteiger partial charge on any atom is -0.325 e. The second-order valence-electron chi connectivity index (χ2n) is 6.57. The fourth-order valence-corrected chi connectivity index (χ4v) is 4.41. The van der Waals surface area contributed by atoms with Crippen LogP contribution in [0.4, 0.5) is 5.69 Å². The molecule has 118 valence electrons. The van der Waals surface area contributed by atoms with Gasteiger partial charge < -0.3 is 5.32 Å². The van der Waals surface area contributed by atoms with E-state index in [4.69, 9.17) is 0 Å². The third-order valence-electron chi connectivity index (χ3n) is 5.31. The molecule has 0 unspecified atom stereocenters. The van der Waals surface area contributed by atoms with Crippen molar-refractivity contribution in [1.29, 1.82) is 0 Å². The van der Waals surface area contributed by atoms with Gasteiger partial charge in [0.1, 0.15) is 0 Å². The monoisotopic (exact) mass is 306 g/mol. The molecule has 2 aromatic carbocycles. The molecule has 1 spiro atoms. The van der Waals surface area contributed by atoms with Gasteiger partial charge in [0.05, 0.1) is 11.5 Å². The zero-order valence-electron chi connectivity index (χ0n) is 13.5. The molecule has 2 aliphatic heterocycles. The van der Waals surface area contributed by atoms with Crippen LogP contribution in [0.25, 0.3) is 0 Å². The Morgan fingerprint density at radius 3 is 2.65 bits per heavy atom. The first-order valence-corrected chi connectivity index (χ1v) is 8.47. The highest BCUT2D eigenvalue weighted by atomic mass is 16.2. The van der Waals surface area contributed by atoms with Crippen LogP contribution in [-0.4, -0.2) is 23.9 Å². The van der Waals surface area contributed by atoms with E-state index in [1.54, 1.807) is 0 Å². The Kier molecular flexibility index (Phi) is 3.46. The number of amides is 1. The summed E-state index contributed by atoms with van der Waals surface area (Å²) in [7, 11) is 0. The number of anilines is 1. The lowest BCUT2D eigenvalue weighted by Gasteiger charge is -2.34. The molecule has 1 saturated heterocycles. The van der Waals surface area contributed by atoms with E-state index < -0.39 is 5.41 Å². The highest BCUT2D eigenvalue weighted by Crippen LogP contribution is 2.54. The molecular weight excluding hydrogens is 284 g/mol. The second-order valence-corrected chi connectivity index (χ2v) is 6.57. The molecule has 0 bridgehead atoms. The van der Waals surface area contributed by atoms with Crippen LogP contribution in [-0.2, 0) is 10.2 Å². The molecule has 0 radical (unpaired) electrons. The van der Waals surface area contributed by atoms with E-state index in [0.717, 1.165) is 37.2 Å². The maximum absolute atomic E-state index is 13.1. The topological polar surface area (TPSA) is 32.3 Å². The first-order valence-electron chi connectivity index (χ1n) is 8.47. The highest BCUT2D eigenvalue weighted by molar-refractivity contribution is 6.07. The molecule has 4 rings (SSSR count). The first-order chi connectivity index (χ1) is 11.3. The zero-order chi connectivity index (χ0) is 15.9. The lowest BCUT2D eigenvalue weighted by atomic mass is 9.72. The average Bonchev–Trinajstić information content (AvgIpc) is 3.09. The number of benzene rings is 2. The number of nitrogens with one attached hydrogen (secondary N) is 1. The van der Waals surface area contributed by atoms with Crippen molar-refractivity contribution in [3.8, 4) is 0 Å². The Balaban J connectivity index is 1.88. The Hall–Kier alpha value is -2.13. The summed E-state index contributed by atoms with van der Waals surface area (Å²) in [5, 5.41) is 3.13. The van der Waals surface area contributed by atoms with E-state index in [9.17, 15) is 4.79 Å². The number of hydrogen-bond donors (Lipinski definition) is 1. The largest absolute Gasteiger partial charge is 0.325 e. The molecule has 0 saturated carbocycles.